The van der Waals surface area contributed by atoms with Gasteiger partial charge in [-0.2, -0.15) is 0 Å². The summed E-state index contributed by atoms with van der Waals surface area (Å²) >= 11 is 1.65. The fourth-order valence-electron chi connectivity index (χ4n) is 2.92. The van der Waals surface area contributed by atoms with E-state index in [0.29, 0.717) is 5.92 Å². The fraction of sp³-hybridized carbons (Fsp3) is 0.400. The van der Waals surface area contributed by atoms with E-state index in [0.717, 1.165) is 28.5 Å². The Bertz CT molecular complexity index is 818. The molecule has 5 heteroatoms. The molecule has 3 heterocycles. The molecule has 0 fully saturated rings. The lowest BCUT2D eigenvalue weighted by Gasteiger charge is -2.17. The van der Waals surface area contributed by atoms with Gasteiger partial charge in [-0.15, -0.1) is 11.3 Å². The SMILES string of the molecule is CCCCC(CC)Cn1c(-c2ccco2)csc1=Nc1cccnc1. The van der Waals surface area contributed by atoms with Gasteiger partial charge >= 0.3 is 0 Å². The first kappa shape index (κ1) is 17.7. The minimum absolute atomic E-state index is 0.649. The van der Waals surface area contributed by atoms with Crippen LogP contribution in [0.3, 0.4) is 0 Å². The molecular weight excluding hydrogens is 330 g/mol. The minimum atomic E-state index is 0.649. The van der Waals surface area contributed by atoms with Crippen molar-refractivity contribution in [2.24, 2.45) is 10.9 Å². The quantitative estimate of drug-likeness (QED) is 0.524. The summed E-state index contributed by atoms with van der Waals surface area (Å²) in [6, 6.07) is 7.85. The Morgan fingerprint density at radius 2 is 2.20 bits per heavy atom. The largest absolute Gasteiger partial charge is 0.463 e. The number of furan rings is 1. The van der Waals surface area contributed by atoms with Crippen LogP contribution in [-0.4, -0.2) is 9.55 Å². The van der Waals surface area contributed by atoms with Gasteiger partial charge in [0.2, 0.25) is 0 Å². The summed E-state index contributed by atoms with van der Waals surface area (Å²) < 4.78 is 7.96. The summed E-state index contributed by atoms with van der Waals surface area (Å²) in [6.45, 7) is 5.49. The van der Waals surface area contributed by atoms with Gasteiger partial charge in [-0.05, 0) is 36.6 Å². The highest BCUT2D eigenvalue weighted by Gasteiger charge is 2.14. The minimum Gasteiger partial charge on any atom is -0.463 e. The highest BCUT2D eigenvalue weighted by molar-refractivity contribution is 7.07. The number of nitrogens with zero attached hydrogens (tertiary/aromatic N) is 3. The summed E-state index contributed by atoms with van der Waals surface area (Å²) in [5, 5.41) is 2.14. The van der Waals surface area contributed by atoms with Gasteiger partial charge in [0.25, 0.3) is 0 Å². The molecule has 0 radical (unpaired) electrons. The van der Waals surface area contributed by atoms with Gasteiger partial charge in [-0.3, -0.25) is 4.98 Å². The van der Waals surface area contributed by atoms with E-state index in [4.69, 9.17) is 9.41 Å². The third-order valence-corrected chi connectivity index (χ3v) is 5.29. The zero-order chi connectivity index (χ0) is 17.5. The molecule has 0 aliphatic carbocycles. The van der Waals surface area contributed by atoms with Crippen molar-refractivity contribution in [3.05, 3.63) is 53.1 Å². The zero-order valence-corrected chi connectivity index (χ0v) is 15.7. The number of aromatic nitrogens is 2. The van der Waals surface area contributed by atoms with Crippen LogP contribution in [0, 0.1) is 5.92 Å². The molecule has 4 nitrogen and oxygen atoms in total. The summed E-state index contributed by atoms with van der Waals surface area (Å²) in [7, 11) is 0. The topological polar surface area (TPSA) is 43.3 Å². The second-order valence-corrected chi connectivity index (χ2v) is 7.07. The van der Waals surface area contributed by atoms with Gasteiger partial charge in [0, 0.05) is 18.1 Å². The molecule has 0 aliphatic heterocycles. The molecule has 1 unspecified atom stereocenters. The lowest BCUT2D eigenvalue weighted by Crippen LogP contribution is -2.21. The maximum absolute atomic E-state index is 5.65. The van der Waals surface area contributed by atoms with Gasteiger partial charge in [-0.25, -0.2) is 4.99 Å². The zero-order valence-electron chi connectivity index (χ0n) is 14.9. The average molecular weight is 356 g/mol. The Labute approximate surface area is 152 Å². The van der Waals surface area contributed by atoms with Gasteiger partial charge in [0.05, 0.1) is 23.8 Å². The van der Waals surface area contributed by atoms with E-state index in [1.165, 1.54) is 25.7 Å². The average Bonchev–Trinajstić information content (AvgIpc) is 3.29. The predicted molar refractivity (Wildman–Crippen MR) is 103 cm³/mol. The molecule has 25 heavy (non-hydrogen) atoms. The van der Waals surface area contributed by atoms with Crippen molar-refractivity contribution in [3.8, 4) is 11.5 Å². The second-order valence-electron chi connectivity index (χ2n) is 6.23. The van der Waals surface area contributed by atoms with Gasteiger partial charge in [0.1, 0.15) is 0 Å². The lowest BCUT2D eigenvalue weighted by atomic mass is 9.99. The Balaban J connectivity index is 2.00. The normalized spacial score (nSPS) is 13.3. The molecule has 3 rings (SSSR count). The molecule has 0 saturated carbocycles. The third-order valence-electron chi connectivity index (χ3n) is 4.43. The van der Waals surface area contributed by atoms with Crippen molar-refractivity contribution in [2.45, 2.75) is 46.1 Å². The third kappa shape index (κ3) is 4.48. The van der Waals surface area contributed by atoms with Gasteiger partial charge in [0.15, 0.2) is 10.6 Å². The van der Waals surface area contributed by atoms with Crippen molar-refractivity contribution in [1.82, 2.24) is 9.55 Å². The molecule has 3 aromatic heterocycles. The van der Waals surface area contributed by atoms with E-state index in [-0.39, 0.29) is 0 Å². The van der Waals surface area contributed by atoms with Crippen LogP contribution in [-0.2, 0) is 6.54 Å². The molecule has 132 valence electrons. The second kappa shape index (κ2) is 8.81. The predicted octanol–water partition coefficient (Wildman–Crippen LogP) is 5.65. The lowest BCUT2D eigenvalue weighted by molar-refractivity contribution is 0.387. The van der Waals surface area contributed by atoms with Crippen LogP contribution in [0.5, 0.6) is 0 Å². The number of pyridine rings is 1. The molecule has 0 aliphatic rings. The van der Waals surface area contributed by atoms with E-state index in [9.17, 15) is 0 Å². The standard InChI is InChI=1S/C20H25N3OS/c1-3-5-8-16(4-2)14-23-18(19-10-7-12-24-19)15-25-20(23)22-17-9-6-11-21-13-17/h6-7,9-13,15-16H,3-5,8,14H2,1-2H3. The number of hydrogen-bond acceptors (Lipinski definition) is 4. The molecule has 0 amide bonds. The molecule has 0 bridgehead atoms. The van der Waals surface area contributed by atoms with Crippen LogP contribution in [0.2, 0.25) is 0 Å². The monoisotopic (exact) mass is 355 g/mol. The first-order valence-corrected chi connectivity index (χ1v) is 9.86. The molecule has 1 atom stereocenters. The number of thiazole rings is 1. The van der Waals surface area contributed by atoms with Crippen molar-refractivity contribution in [1.29, 1.82) is 0 Å². The van der Waals surface area contributed by atoms with E-state index >= 15 is 0 Å². The first-order chi connectivity index (χ1) is 12.3. The Hall–Kier alpha value is -2.14. The van der Waals surface area contributed by atoms with Crippen LogP contribution in [0.25, 0.3) is 11.5 Å². The van der Waals surface area contributed by atoms with Gasteiger partial charge in [-0.1, -0.05) is 33.1 Å². The smallest absolute Gasteiger partial charge is 0.190 e. The maximum atomic E-state index is 5.65. The first-order valence-electron chi connectivity index (χ1n) is 8.98. The molecular formula is C20H25N3OS. The van der Waals surface area contributed by atoms with E-state index in [2.05, 4.69) is 28.8 Å². The highest BCUT2D eigenvalue weighted by atomic mass is 32.1. The van der Waals surface area contributed by atoms with Crippen molar-refractivity contribution in [3.63, 3.8) is 0 Å². The Morgan fingerprint density at radius 1 is 1.28 bits per heavy atom. The van der Waals surface area contributed by atoms with Crippen molar-refractivity contribution in [2.75, 3.05) is 0 Å². The van der Waals surface area contributed by atoms with Crippen molar-refractivity contribution < 1.29 is 4.42 Å². The summed E-state index contributed by atoms with van der Waals surface area (Å²) in [4.78, 5) is 9.98. The Kier molecular flexibility index (Phi) is 6.23. The Morgan fingerprint density at radius 3 is 2.88 bits per heavy atom. The summed E-state index contributed by atoms with van der Waals surface area (Å²) in [5.74, 6) is 1.55. The number of rotatable bonds is 8. The molecule has 3 aromatic rings. The summed E-state index contributed by atoms with van der Waals surface area (Å²) in [6.07, 6.45) is 10.2. The van der Waals surface area contributed by atoms with Crippen molar-refractivity contribution >= 4 is 17.0 Å². The van der Waals surface area contributed by atoms with Crippen LogP contribution in [0.4, 0.5) is 5.69 Å². The van der Waals surface area contributed by atoms with Crippen LogP contribution in [0.15, 0.2) is 57.7 Å². The maximum Gasteiger partial charge on any atom is 0.190 e. The fourth-order valence-corrected chi connectivity index (χ4v) is 3.84. The number of unbranched alkanes of at least 4 members (excludes halogenated alkanes) is 1. The molecule has 0 aromatic carbocycles. The summed E-state index contributed by atoms with van der Waals surface area (Å²) in [5.41, 5.74) is 1.98. The highest BCUT2D eigenvalue weighted by Crippen LogP contribution is 2.24. The number of hydrogen-bond donors (Lipinski definition) is 0. The molecule has 0 spiro atoms. The van der Waals surface area contributed by atoms with Crippen LogP contribution in [0.1, 0.15) is 39.5 Å². The van der Waals surface area contributed by atoms with Crippen LogP contribution >= 0.6 is 11.3 Å². The van der Waals surface area contributed by atoms with Gasteiger partial charge < -0.3 is 8.98 Å². The van der Waals surface area contributed by atoms with E-state index < -0.39 is 0 Å². The van der Waals surface area contributed by atoms with Crippen LogP contribution < -0.4 is 4.80 Å². The van der Waals surface area contributed by atoms with E-state index in [1.54, 1.807) is 30.0 Å². The molecule has 0 N–H and O–H groups in total. The van der Waals surface area contributed by atoms with E-state index in [1.807, 2.05) is 24.3 Å². The molecule has 0 saturated heterocycles.